The normalized spacial score (nSPS) is 14.0. The Kier molecular flexibility index (Phi) is 52.1. The lowest BCUT2D eigenvalue weighted by Gasteiger charge is -2.30. The molecular formula is C61H121N2O6P. The second-order valence-electron chi connectivity index (χ2n) is 22.4. The lowest BCUT2D eigenvalue weighted by atomic mass is 10.0. The van der Waals surface area contributed by atoms with E-state index in [1.165, 1.54) is 238 Å². The van der Waals surface area contributed by atoms with Crippen molar-refractivity contribution in [3.05, 3.63) is 24.3 Å². The molecule has 0 radical (unpaired) electrons. The number of rotatable bonds is 57. The Labute approximate surface area is 436 Å². The van der Waals surface area contributed by atoms with Crippen LogP contribution in [0.3, 0.4) is 0 Å². The minimum Gasteiger partial charge on any atom is -0.756 e. The summed E-state index contributed by atoms with van der Waals surface area (Å²) in [6.45, 7) is 4.74. The van der Waals surface area contributed by atoms with Crippen molar-refractivity contribution < 1.29 is 32.9 Å². The van der Waals surface area contributed by atoms with E-state index in [1.807, 2.05) is 21.1 Å². The first kappa shape index (κ1) is 69.0. The van der Waals surface area contributed by atoms with Crippen molar-refractivity contribution in [3.63, 3.8) is 0 Å². The van der Waals surface area contributed by atoms with Gasteiger partial charge in [0.25, 0.3) is 7.82 Å². The zero-order chi connectivity index (χ0) is 51.3. The molecule has 0 aliphatic heterocycles. The topological polar surface area (TPSA) is 108 Å². The number of unbranched alkanes of at least 4 members (excludes halogenated alkanes) is 40. The van der Waals surface area contributed by atoms with Crippen LogP contribution in [0.5, 0.6) is 0 Å². The number of hydrogen-bond donors (Lipinski definition) is 2. The molecule has 0 saturated heterocycles. The van der Waals surface area contributed by atoms with Crippen molar-refractivity contribution >= 4 is 13.7 Å². The minimum absolute atomic E-state index is 0.0140. The summed E-state index contributed by atoms with van der Waals surface area (Å²) in [6.07, 6.45) is 66.8. The molecule has 0 bridgehead atoms. The zero-order valence-electron chi connectivity index (χ0n) is 47.5. The molecular weight excluding hydrogens is 888 g/mol. The minimum atomic E-state index is -4.56. The van der Waals surface area contributed by atoms with E-state index >= 15 is 0 Å². The van der Waals surface area contributed by atoms with Gasteiger partial charge in [-0.05, 0) is 44.9 Å². The number of nitrogens with zero attached hydrogens (tertiary/aromatic N) is 1. The Hall–Kier alpha value is -1.02. The number of phosphoric ester groups is 1. The average Bonchev–Trinajstić information content (AvgIpc) is 3.32. The number of hydrogen-bond acceptors (Lipinski definition) is 6. The van der Waals surface area contributed by atoms with E-state index in [0.717, 1.165) is 44.9 Å². The fourth-order valence-corrected chi connectivity index (χ4v) is 10.1. The van der Waals surface area contributed by atoms with Gasteiger partial charge >= 0.3 is 0 Å². The summed E-state index contributed by atoms with van der Waals surface area (Å²) in [5.41, 5.74) is 0. The van der Waals surface area contributed by atoms with E-state index in [1.54, 1.807) is 0 Å². The first-order valence-corrected chi connectivity index (χ1v) is 32.1. The molecule has 0 spiro atoms. The SMILES string of the molecule is CCCCCCCCCCCCCCC/C=C\C/C=C\CCCCCCCCCCCCCCCCCCCC(=O)NC(COP(=O)([O-])OCC[N+](C)(C)C)C(O)CCCCCCCCCCCCC. The Bertz CT molecular complexity index is 1190. The summed E-state index contributed by atoms with van der Waals surface area (Å²) in [7, 11) is 1.31. The van der Waals surface area contributed by atoms with Gasteiger partial charge in [0.1, 0.15) is 13.2 Å². The summed E-state index contributed by atoms with van der Waals surface area (Å²) >= 11 is 0. The summed E-state index contributed by atoms with van der Waals surface area (Å²) in [5, 5.41) is 14.0. The van der Waals surface area contributed by atoms with Gasteiger partial charge in [-0.25, -0.2) is 0 Å². The van der Waals surface area contributed by atoms with Crippen molar-refractivity contribution in [3.8, 4) is 0 Å². The molecule has 8 nitrogen and oxygen atoms in total. The number of allylic oxidation sites excluding steroid dienone is 4. The third-order valence-electron chi connectivity index (χ3n) is 14.2. The number of carbonyl (C=O) groups is 1. The van der Waals surface area contributed by atoms with Gasteiger partial charge in [-0.1, -0.05) is 282 Å². The fourth-order valence-electron chi connectivity index (χ4n) is 9.37. The van der Waals surface area contributed by atoms with E-state index in [0.29, 0.717) is 23.9 Å². The first-order chi connectivity index (χ1) is 34.0. The molecule has 70 heavy (non-hydrogen) atoms. The molecule has 0 heterocycles. The molecule has 0 aromatic heterocycles. The van der Waals surface area contributed by atoms with E-state index < -0.39 is 20.0 Å². The second kappa shape index (κ2) is 52.8. The summed E-state index contributed by atoms with van der Waals surface area (Å²) in [5.74, 6) is -0.162. The number of quaternary nitrogens is 1. The molecule has 0 aromatic rings. The number of carbonyl (C=O) groups excluding carboxylic acids is 1. The van der Waals surface area contributed by atoms with Gasteiger partial charge in [0, 0.05) is 6.42 Å². The number of amides is 1. The van der Waals surface area contributed by atoms with Gasteiger partial charge in [0.05, 0.1) is 39.9 Å². The molecule has 0 saturated carbocycles. The number of aliphatic hydroxyl groups is 1. The van der Waals surface area contributed by atoms with Crippen molar-refractivity contribution in [2.75, 3.05) is 40.9 Å². The van der Waals surface area contributed by atoms with Crippen molar-refractivity contribution in [2.24, 2.45) is 0 Å². The maximum absolute atomic E-state index is 12.9. The van der Waals surface area contributed by atoms with Crippen molar-refractivity contribution in [2.45, 2.75) is 321 Å². The standard InChI is InChI=1S/C61H121N2O6P/c1-6-8-10-12-14-16-18-19-20-21-22-23-24-25-26-27-28-29-30-31-32-33-34-35-36-37-38-39-40-41-42-43-45-47-49-51-53-55-61(65)62-59(58-69-70(66,67)68-57-56-63(3,4)5)60(64)54-52-50-48-46-44-17-15-13-11-9-7-2/h26-27,29-30,59-60,64H,6-25,28,31-58H2,1-5H3,(H-,62,65,66,67)/b27-26-,30-29-. The molecule has 1 amide bonds. The Morgan fingerprint density at radius 1 is 0.500 bits per heavy atom. The van der Waals surface area contributed by atoms with Crippen molar-refractivity contribution in [1.29, 1.82) is 0 Å². The highest BCUT2D eigenvalue weighted by Gasteiger charge is 2.24. The molecule has 0 aliphatic rings. The number of phosphoric acid groups is 1. The molecule has 0 aromatic carbocycles. The quantitative estimate of drug-likeness (QED) is 0.0272. The molecule has 9 heteroatoms. The van der Waals surface area contributed by atoms with Crippen LogP contribution in [0.15, 0.2) is 24.3 Å². The van der Waals surface area contributed by atoms with Crippen LogP contribution in [0, 0.1) is 0 Å². The van der Waals surface area contributed by atoms with Crippen LogP contribution < -0.4 is 10.2 Å². The molecule has 0 aliphatic carbocycles. The summed E-state index contributed by atoms with van der Waals surface area (Å²) in [4.78, 5) is 25.5. The maximum Gasteiger partial charge on any atom is 0.268 e. The lowest BCUT2D eigenvalue weighted by molar-refractivity contribution is -0.870. The molecule has 0 fully saturated rings. The molecule has 0 rings (SSSR count). The Morgan fingerprint density at radius 3 is 1.19 bits per heavy atom. The first-order valence-electron chi connectivity index (χ1n) is 30.7. The van der Waals surface area contributed by atoms with Gasteiger partial charge < -0.3 is 28.8 Å². The number of likely N-dealkylation sites (N-methyl/N-ethyl adjacent to an activating group) is 1. The van der Waals surface area contributed by atoms with Crippen LogP contribution >= 0.6 is 7.82 Å². The van der Waals surface area contributed by atoms with Crippen LogP contribution in [-0.2, 0) is 18.4 Å². The smallest absolute Gasteiger partial charge is 0.268 e. The monoisotopic (exact) mass is 1010 g/mol. The van der Waals surface area contributed by atoms with Gasteiger partial charge in [0.15, 0.2) is 0 Å². The molecule has 416 valence electrons. The average molecular weight is 1010 g/mol. The van der Waals surface area contributed by atoms with Crippen molar-refractivity contribution in [1.82, 2.24) is 5.32 Å². The third-order valence-corrected chi connectivity index (χ3v) is 15.2. The number of aliphatic hydroxyl groups excluding tert-OH is 1. The highest BCUT2D eigenvalue weighted by atomic mass is 31.2. The third kappa shape index (κ3) is 54.7. The second-order valence-corrected chi connectivity index (χ2v) is 23.8. The largest absolute Gasteiger partial charge is 0.756 e. The summed E-state index contributed by atoms with van der Waals surface area (Å²) in [6, 6.07) is -0.797. The van der Waals surface area contributed by atoms with Crippen LogP contribution in [0.2, 0.25) is 0 Å². The van der Waals surface area contributed by atoms with E-state index in [4.69, 9.17) is 9.05 Å². The van der Waals surface area contributed by atoms with Crippen LogP contribution in [0.4, 0.5) is 0 Å². The predicted octanol–water partition coefficient (Wildman–Crippen LogP) is 18.1. The maximum atomic E-state index is 12.9. The van der Waals surface area contributed by atoms with E-state index in [-0.39, 0.29) is 19.1 Å². The van der Waals surface area contributed by atoms with Gasteiger partial charge in [-0.2, -0.15) is 0 Å². The molecule has 3 unspecified atom stereocenters. The Morgan fingerprint density at radius 2 is 0.829 bits per heavy atom. The molecule has 3 atom stereocenters. The van der Waals surface area contributed by atoms with Crippen LogP contribution in [-0.4, -0.2) is 68.5 Å². The highest BCUT2D eigenvalue weighted by Crippen LogP contribution is 2.38. The van der Waals surface area contributed by atoms with E-state index in [9.17, 15) is 19.4 Å². The number of nitrogens with one attached hydrogen (secondary N) is 1. The Balaban J connectivity index is 3.86. The predicted molar refractivity (Wildman–Crippen MR) is 302 cm³/mol. The highest BCUT2D eigenvalue weighted by molar-refractivity contribution is 7.45. The molecule has 2 N–H and O–H groups in total. The van der Waals surface area contributed by atoms with Crippen LogP contribution in [0.1, 0.15) is 309 Å². The van der Waals surface area contributed by atoms with E-state index in [2.05, 4.69) is 43.5 Å². The zero-order valence-corrected chi connectivity index (χ0v) is 48.4. The van der Waals surface area contributed by atoms with Crippen LogP contribution in [0.25, 0.3) is 0 Å². The van der Waals surface area contributed by atoms with Gasteiger partial charge in [-0.3, -0.25) is 9.36 Å². The van der Waals surface area contributed by atoms with Gasteiger partial charge in [-0.15, -0.1) is 0 Å². The lowest BCUT2D eigenvalue weighted by Crippen LogP contribution is -2.46. The summed E-state index contributed by atoms with van der Waals surface area (Å²) < 4.78 is 23.3. The van der Waals surface area contributed by atoms with Gasteiger partial charge in [0.2, 0.25) is 5.91 Å². The fraction of sp³-hybridized carbons (Fsp3) is 0.918.